The van der Waals surface area contributed by atoms with Crippen LogP contribution in [0.2, 0.25) is 0 Å². The normalized spacial score (nSPS) is 12.9. The van der Waals surface area contributed by atoms with Gasteiger partial charge in [0.1, 0.15) is 22.3 Å². The van der Waals surface area contributed by atoms with Crippen molar-refractivity contribution in [2.75, 3.05) is 0 Å². The van der Waals surface area contributed by atoms with Gasteiger partial charge in [-0.25, -0.2) is 0 Å². The van der Waals surface area contributed by atoms with Gasteiger partial charge in [-0.05, 0) is 144 Å². The van der Waals surface area contributed by atoms with Crippen molar-refractivity contribution in [3.05, 3.63) is 211 Å². The van der Waals surface area contributed by atoms with Crippen LogP contribution in [0.3, 0.4) is 0 Å². The lowest BCUT2D eigenvalue weighted by molar-refractivity contribution is 0.668. The minimum atomic E-state index is 0.911. The van der Waals surface area contributed by atoms with E-state index in [1.54, 1.807) is 0 Å². The molecule has 3 heterocycles. The third-order valence-electron chi connectivity index (χ3n) is 14.5. The smallest absolute Gasteiger partial charge is 0.135 e. The maximum absolute atomic E-state index is 6.28. The van der Waals surface area contributed by atoms with Crippen molar-refractivity contribution < 1.29 is 8.83 Å². The summed E-state index contributed by atoms with van der Waals surface area (Å²) in [5.41, 5.74) is 16.6. The molecule has 1 aliphatic rings. The van der Waals surface area contributed by atoms with Gasteiger partial charge in [-0.1, -0.05) is 158 Å². The van der Waals surface area contributed by atoms with Gasteiger partial charge in [0.25, 0.3) is 0 Å². The van der Waals surface area contributed by atoms with Crippen molar-refractivity contribution in [1.82, 2.24) is 0 Å². The summed E-state index contributed by atoms with van der Waals surface area (Å²) in [5, 5.41) is 14.7. The summed E-state index contributed by atoms with van der Waals surface area (Å²) < 4.78 is 15.2. The number of hydrogen-bond acceptors (Lipinski definition) is 3. The first-order chi connectivity index (χ1) is 33.2. The third kappa shape index (κ3) is 5.38. The number of allylic oxidation sites excluding steroid dienone is 1. The lowest BCUT2D eigenvalue weighted by Gasteiger charge is -2.24. The fraction of sp³-hybridized carbons (Fsp3) is 0.0312. The summed E-state index contributed by atoms with van der Waals surface area (Å²) in [5.74, 6) is 0. The molecule has 312 valence electrons. The molecule has 15 rings (SSSR count). The zero-order chi connectivity index (χ0) is 43.7. The first-order valence-electron chi connectivity index (χ1n) is 23.2. The van der Waals surface area contributed by atoms with E-state index in [1.807, 2.05) is 23.5 Å². The van der Waals surface area contributed by atoms with E-state index in [4.69, 9.17) is 8.83 Å². The second-order valence-corrected chi connectivity index (χ2v) is 19.1. The number of furan rings is 2. The van der Waals surface area contributed by atoms with Gasteiger partial charge in [-0.3, -0.25) is 0 Å². The van der Waals surface area contributed by atoms with Crippen molar-refractivity contribution in [2.45, 2.75) is 12.8 Å². The Labute approximate surface area is 389 Å². The van der Waals surface area contributed by atoms with Gasteiger partial charge in [0.2, 0.25) is 0 Å². The van der Waals surface area contributed by atoms with Crippen molar-refractivity contribution in [2.24, 2.45) is 0 Å². The van der Waals surface area contributed by atoms with Crippen molar-refractivity contribution in [3.63, 3.8) is 0 Å². The van der Waals surface area contributed by atoms with E-state index in [1.165, 1.54) is 108 Å². The lowest BCUT2D eigenvalue weighted by Crippen LogP contribution is -2.02. The highest BCUT2D eigenvalue weighted by Gasteiger charge is 2.24. The number of hydrogen-bond donors (Lipinski definition) is 0. The third-order valence-corrected chi connectivity index (χ3v) is 15.7. The molecule has 0 spiro atoms. The molecule has 11 aromatic carbocycles. The van der Waals surface area contributed by atoms with E-state index in [2.05, 4.69) is 194 Å². The molecule has 14 aromatic rings. The Morgan fingerprint density at radius 1 is 0.343 bits per heavy atom. The van der Waals surface area contributed by atoms with Crippen LogP contribution in [0.4, 0.5) is 0 Å². The van der Waals surface area contributed by atoms with Crippen molar-refractivity contribution >= 4 is 114 Å². The highest BCUT2D eigenvalue weighted by molar-refractivity contribution is 7.26. The highest BCUT2D eigenvalue weighted by atomic mass is 32.1. The number of fused-ring (bicyclic) bond motifs is 13. The van der Waals surface area contributed by atoms with Gasteiger partial charge < -0.3 is 8.83 Å². The number of thiophene rings is 1. The van der Waals surface area contributed by atoms with Crippen LogP contribution >= 0.6 is 11.3 Å². The number of benzene rings is 11. The minimum absolute atomic E-state index is 0.911. The summed E-state index contributed by atoms with van der Waals surface area (Å²) in [6.45, 7) is 0. The monoisotopic (exact) mass is 870 g/mol. The zero-order valence-corrected chi connectivity index (χ0v) is 37.1. The molecular formula is C64H38O2S. The van der Waals surface area contributed by atoms with Gasteiger partial charge in [0.15, 0.2) is 0 Å². The molecule has 0 radical (unpaired) electrons. The Hall–Kier alpha value is -8.24. The van der Waals surface area contributed by atoms with Crippen LogP contribution in [-0.2, 0) is 6.42 Å². The molecule has 1 aliphatic carbocycles. The van der Waals surface area contributed by atoms with E-state index >= 15 is 0 Å². The first kappa shape index (κ1) is 37.0. The molecular weight excluding hydrogens is 833 g/mol. The molecule has 0 atom stereocenters. The molecule has 0 saturated heterocycles. The van der Waals surface area contributed by atoms with Crippen LogP contribution < -0.4 is 0 Å². The molecule has 0 amide bonds. The predicted molar refractivity (Wildman–Crippen MR) is 286 cm³/mol. The fourth-order valence-corrected chi connectivity index (χ4v) is 12.9. The SMILES string of the molecule is C1=Cc2c(c(-c3ccc4oc5ccccc5c4c3)c3ccccc3c2-c2ccc3sc4c(-c5c6ccccc6c(-c6ccc7oc8ccccc8c7c6)c6ccccc56)cccc4c3c2)CC1. The Morgan fingerprint density at radius 3 is 1.43 bits per heavy atom. The van der Waals surface area contributed by atoms with Crippen LogP contribution in [0.1, 0.15) is 17.5 Å². The largest absolute Gasteiger partial charge is 0.456 e. The standard InChI is InChI=1S/C64H38O2S/c1-3-18-44-42(16-1)60(37-28-31-57-52(34-37)40-14-9-11-26-55(40)65-57)43-17-2-4-19-45(43)62(44)39-30-33-59-54(36-39)50-24-13-25-51(64(50)67-59)63-48-22-7-5-20-46(48)61(47-21-6-8-23-49(47)63)38-29-32-58-53(35-38)41-15-10-12-27-56(41)66-58/h1,3-16,18-36H,2,17H2. The van der Waals surface area contributed by atoms with Gasteiger partial charge in [0, 0.05) is 47.3 Å². The molecule has 3 heteroatoms. The van der Waals surface area contributed by atoms with E-state index in [9.17, 15) is 0 Å². The highest BCUT2D eigenvalue weighted by Crippen LogP contribution is 2.51. The lowest BCUT2D eigenvalue weighted by atomic mass is 9.80. The summed E-state index contributed by atoms with van der Waals surface area (Å²) in [7, 11) is 0. The summed E-state index contributed by atoms with van der Waals surface area (Å²) >= 11 is 1.91. The molecule has 0 bridgehead atoms. The zero-order valence-electron chi connectivity index (χ0n) is 36.3. The van der Waals surface area contributed by atoms with E-state index in [0.29, 0.717) is 0 Å². The predicted octanol–water partition coefficient (Wildman–Crippen LogP) is 18.9. The van der Waals surface area contributed by atoms with Gasteiger partial charge in [0.05, 0.1) is 0 Å². The molecule has 3 aromatic heterocycles. The summed E-state index contributed by atoms with van der Waals surface area (Å²) in [4.78, 5) is 0. The van der Waals surface area contributed by atoms with E-state index in [0.717, 1.165) is 56.7 Å². The van der Waals surface area contributed by atoms with Gasteiger partial charge >= 0.3 is 0 Å². The Morgan fingerprint density at radius 2 is 0.806 bits per heavy atom. The quantitative estimate of drug-likeness (QED) is 0.165. The van der Waals surface area contributed by atoms with Crippen LogP contribution in [0.5, 0.6) is 0 Å². The maximum atomic E-state index is 6.28. The van der Waals surface area contributed by atoms with Crippen molar-refractivity contribution in [3.8, 4) is 44.5 Å². The van der Waals surface area contributed by atoms with E-state index in [-0.39, 0.29) is 0 Å². The maximum Gasteiger partial charge on any atom is 0.135 e. The second-order valence-electron chi connectivity index (χ2n) is 18.1. The molecule has 0 aliphatic heterocycles. The summed E-state index contributed by atoms with van der Waals surface area (Å²) in [6, 6.07) is 71.4. The Balaban J connectivity index is 0.931. The molecule has 0 N–H and O–H groups in total. The molecule has 0 saturated carbocycles. The second kappa shape index (κ2) is 14.1. The molecule has 0 unspecified atom stereocenters. The van der Waals surface area contributed by atoms with Crippen LogP contribution in [0, 0.1) is 0 Å². The van der Waals surface area contributed by atoms with Crippen molar-refractivity contribution in [1.29, 1.82) is 0 Å². The average molecular weight is 871 g/mol. The topological polar surface area (TPSA) is 26.3 Å². The number of para-hydroxylation sites is 2. The minimum Gasteiger partial charge on any atom is -0.456 e. The molecule has 0 fully saturated rings. The fourth-order valence-electron chi connectivity index (χ4n) is 11.7. The molecule has 67 heavy (non-hydrogen) atoms. The van der Waals surface area contributed by atoms with Crippen LogP contribution in [-0.4, -0.2) is 0 Å². The van der Waals surface area contributed by atoms with E-state index < -0.39 is 0 Å². The number of rotatable bonds is 4. The Kier molecular flexibility index (Phi) is 7.81. The first-order valence-corrected chi connectivity index (χ1v) is 24.0. The molecule has 2 nitrogen and oxygen atoms in total. The Bertz CT molecular complexity index is 4400. The van der Waals surface area contributed by atoms with Crippen LogP contribution in [0.15, 0.2) is 209 Å². The van der Waals surface area contributed by atoms with Crippen LogP contribution in [0.25, 0.3) is 147 Å². The average Bonchev–Trinajstić information content (AvgIpc) is 4.08. The van der Waals surface area contributed by atoms with Gasteiger partial charge in [-0.15, -0.1) is 11.3 Å². The summed E-state index contributed by atoms with van der Waals surface area (Å²) in [6.07, 6.45) is 6.76. The van der Waals surface area contributed by atoms with Gasteiger partial charge in [-0.2, -0.15) is 0 Å².